The van der Waals surface area contributed by atoms with Gasteiger partial charge in [-0.1, -0.05) is 25.0 Å². The van der Waals surface area contributed by atoms with Gasteiger partial charge in [0.1, 0.15) is 23.4 Å². The Morgan fingerprint density at radius 3 is 2.96 bits per heavy atom. The van der Waals surface area contributed by atoms with Crippen molar-refractivity contribution >= 4 is 11.7 Å². The highest BCUT2D eigenvalue weighted by atomic mass is 15.6. The summed E-state index contributed by atoms with van der Waals surface area (Å²) in [4.78, 5) is 6.64. The molecule has 9 heteroatoms. The van der Waals surface area contributed by atoms with E-state index in [0.717, 1.165) is 35.9 Å². The topological polar surface area (TPSA) is 99.9 Å². The molecule has 9 nitrogen and oxygen atoms in total. The van der Waals surface area contributed by atoms with Crippen LogP contribution in [0.1, 0.15) is 62.9 Å². The number of nitriles is 1. The van der Waals surface area contributed by atoms with Gasteiger partial charge in [-0.25, -0.2) is 4.98 Å². The summed E-state index contributed by atoms with van der Waals surface area (Å²) < 4.78 is 3.61. The van der Waals surface area contributed by atoms with Gasteiger partial charge in [-0.3, -0.25) is 10.3 Å². The molecule has 2 aromatic heterocycles. The zero-order chi connectivity index (χ0) is 18.2. The molecule has 2 aromatic rings. The molecule has 0 aromatic carbocycles. The molecule has 0 bridgehead atoms. The van der Waals surface area contributed by atoms with E-state index in [4.69, 9.17) is 5.10 Å². The summed E-state index contributed by atoms with van der Waals surface area (Å²) in [6.07, 6.45) is 13.1. The van der Waals surface area contributed by atoms with Gasteiger partial charge in [0.05, 0.1) is 12.5 Å². The maximum atomic E-state index is 9.62. The minimum Gasteiger partial charge on any atom is -0.314 e. The Morgan fingerprint density at radius 1 is 1.30 bits per heavy atom. The van der Waals surface area contributed by atoms with E-state index in [9.17, 15) is 5.26 Å². The van der Waals surface area contributed by atoms with Crippen molar-refractivity contribution in [1.29, 1.82) is 5.26 Å². The Kier molecular flexibility index (Phi) is 2.86. The van der Waals surface area contributed by atoms with Gasteiger partial charge in [0.25, 0.3) is 0 Å². The van der Waals surface area contributed by atoms with Crippen molar-refractivity contribution < 1.29 is 0 Å². The summed E-state index contributed by atoms with van der Waals surface area (Å²) in [6.45, 7) is 2.18. The minimum absolute atomic E-state index is 0.00551. The number of imidazole rings is 1. The van der Waals surface area contributed by atoms with Crippen molar-refractivity contribution in [2.75, 3.05) is 4.90 Å². The third-order valence-electron chi connectivity index (χ3n) is 6.79. The number of hydrogen-bond acceptors (Lipinski definition) is 7. The Morgan fingerprint density at radius 2 is 2.15 bits per heavy atom. The van der Waals surface area contributed by atoms with Gasteiger partial charge in [0.2, 0.25) is 6.19 Å². The summed E-state index contributed by atoms with van der Waals surface area (Å²) in [7, 11) is 0. The fourth-order valence-corrected chi connectivity index (χ4v) is 5.05. The van der Waals surface area contributed by atoms with Crippen LogP contribution in [0.3, 0.4) is 0 Å². The summed E-state index contributed by atoms with van der Waals surface area (Å²) in [5.74, 6) is 2.23. The van der Waals surface area contributed by atoms with Crippen LogP contribution in [0.25, 0.3) is 0 Å². The van der Waals surface area contributed by atoms with Gasteiger partial charge in [-0.05, 0) is 25.7 Å². The highest BCUT2D eigenvalue weighted by Gasteiger charge is 2.51. The predicted octanol–water partition coefficient (Wildman–Crippen LogP) is 1.70. The molecule has 0 radical (unpaired) electrons. The van der Waals surface area contributed by atoms with Crippen molar-refractivity contribution in [3.8, 4) is 6.19 Å². The van der Waals surface area contributed by atoms with E-state index in [1.807, 2.05) is 12.5 Å². The number of aromatic nitrogens is 5. The first-order chi connectivity index (χ1) is 13.2. The van der Waals surface area contributed by atoms with Gasteiger partial charge >= 0.3 is 0 Å². The van der Waals surface area contributed by atoms with Crippen LogP contribution in [0.15, 0.2) is 17.6 Å². The molecule has 4 heterocycles. The normalized spacial score (nSPS) is 29.9. The largest absolute Gasteiger partial charge is 0.314 e. The number of rotatable bonds is 2. The van der Waals surface area contributed by atoms with Gasteiger partial charge in [0.15, 0.2) is 5.84 Å². The van der Waals surface area contributed by atoms with Crippen LogP contribution in [-0.4, -0.2) is 36.5 Å². The second-order valence-electron chi connectivity index (χ2n) is 8.41. The fraction of sp³-hybridized carbons (Fsp3) is 0.611. The summed E-state index contributed by atoms with van der Waals surface area (Å²) in [6, 6.07) is 0.457. The predicted molar refractivity (Wildman–Crippen MR) is 96.8 cm³/mol. The average molecular weight is 363 g/mol. The van der Waals surface area contributed by atoms with Crippen LogP contribution in [-0.2, 0) is 5.41 Å². The van der Waals surface area contributed by atoms with Crippen LogP contribution < -0.4 is 10.3 Å². The SMILES string of the molecule is CC1(c2nnn(C#N)c2C2=NNC3C4CCCCC4n4cncc4N23)CC1. The molecule has 3 unspecified atom stereocenters. The zero-order valence-electron chi connectivity index (χ0n) is 15.2. The van der Waals surface area contributed by atoms with Crippen LogP contribution >= 0.6 is 0 Å². The van der Waals surface area contributed by atoms with Crippen LogP contribution in [0.2, 0.25) is 0 Å². The number of nitrogens with zero attached hydrogens (tertiary/aromatic N) is 8. The molecular weight excluding hydrogens is 342 g/mol. The lowest BCUT2D eigenvalue weighted by Crippen LogP contribution is -2.54. The lowest BCUT2D eigenvalue weighted by atomic mass is 9.80. The maximum Gasteiger partial charge on any atom is 0.208 e. The Balaban J connectivity index is 1.50. The standard InChI is InChI=1S/C18H21N9/c1-18(6-7-18)15-14(26(9-19)24-21-15)17-23-22-16-11-4-2-3-5-12(11)25-10-20-8-13(25)27(16)17/h8,10-12,16,22H,2-7H2,1H3. The molecule has 6 rings (SSSR count). The highest BCUT2D eigenvalue weighted by molar-refractivity contribution is 6.11. The molecule has 0 spiro atoms. The quantitative estimate of drug-likeness (QED) is 0.872. The molecule has 2 aliphatic carbocycles. The first-order valence-corrected chi connectivity index (χ1v) is 9.72. The van der Waals surface area contributed by atoms with E-state index in [1.54, 1.807) is 0 Å². The molecule has 0 saturated heterocycles. The number of fused-ring (bicyclic) bond motifs is 6. The molecule has 2 fully saturated rings. The van der Waals surface area contributed by atoms with E-state index in [2.05, 4.69) is 43.3 Å². The third-order valence-corrected chi connectivity index (χ3v) is 6.79. The summed E-state index contributed by atoms with van der Waals surface area (Å²) in [5.41, 5.74) is 4.96. The van der Waals surface area contributed by atoms with Crippen molar-refractivity contribution in [2.24, 2.45) is 11.0 Å². The van der Waals surface area contributed by atoms with Gasteiger partial charge < -0.3 is 4.57 Å². The molecular formula is C18H21N9. The third kappa shape index (κ3) is 1.93. The average Bonchev–Trinajstić information content (AvgIpc) is 3.13. The smallest absolute Gasteiger partial charge is 0.208 e. The molecule has 27 heavy (non-hydrogen) atoms. The van der Waals surface area contributed by atoms with Gasteiger partial charge in [-0.15, -0.1) is 9.78 Å². The first-order valence-electron chi connectivity index (χ1n) is 9.72. The molecule has 2 saturated carbocycles. The van der Waals surface area contributed by atoms with Gasteiger partial charge in [0, 0.05) is 17.4 Å². The number of amidine groups is 1. The molecule has 3 atom stereocenters. The summed E-state index contributed by atoms with van der Waals surface area (Å²) in [5, 5.41) is 22.8. The lowest BCUT2D eigenvalue weighted by molar-refractivity contribution is 0.176. The molecule has 1 N–H and O–H groups in total. The minimum atomic E-state index is -0.00551. The lowest BCUT2D eigenvalue weighted by Gasteiger charge is -2.45. The molecule has 2 aliphatic heterocycles. The van der Waals surface area contributed by atoms with Crippen LogP contribution in [0.5, 0.6) is 0 Å². The number of hydrogen-bond donors (Lipinski definition) is 1. The second kappa shape index (κ2) is 5.09. The van der Waals surface area contributed by atoms with Crippen LogP contribution in [0, 0.1) is 17.4 Å². The van der Waals surface area contributed by atoms with E-state index < -0.39 is 0 Å². The van der Waals surface area contributed by atoms with Crippen molar-refractivity contribution in [3.05, 3.63) is 23.9 Å². The number of nitrogens with one attached hydrogen (secondary N) is 1. The molecule has 138 valence electrons. The first kappa shape index (κ1) is 15.2. The fourth-order valence-electron chi connectivity index (χ4n) is 5.05. The number of anilines is 1. The monoisotopic (exact) mass is 363 g/mol. The van der Waals surface area contributed by atoms with Gasteiger partial charge in [-0.2, -0.15) is 10.4 Å². The molecule has 4 aliphatic rings. The number of hydrazone groups is 1. The van der Waals surface area contributed by atoms with Crippen LogP contribution in [0.4, 0.5) is 5.82 Å². The van der Waals surface area contributed by atoms with E-state index in [1.165, 1.54) is 30.4 Å². The van der Waals surface area contributed by atoms with E-state index in [0.29, 0.717) is 12.0 Å². The highest BCUT2D eigenvalue weighted by Crippen LogP contribution is 2.49. The summed E-state index contributed by atoms with van der Waals surface area (Å²) >= 11 is 0. The zero-order valence-corrected chi connectivity index (χ0v) is 15.2. The Labute approximate surface area is 156 Å². The second-order valence-corrected chi connectivity index (χ2v) is 8.41. The van der Waals surface area contributed by atoms with Crippen molar-refractivity contribution in [3.63, 3.8) is 0 Å². The maximum absolute atomic E-state index is 9.62. The van der Waals surface area contributed by atoms with Crippen molar-refractivity contribution in [1.82, 2.24) is 30.0 Å². The van der Waals surface area contributed by atoms with Crippen molar-refractivity contribution in [2.45, 2.75) is 63.1 Å². The van der Waals surface area contributed by atoms with E-state index >= 15 is 0 Å². The molecule has 0 amide bonds. The van der Waals surface area contributed by atoms with E-state index in [-0.39, 0.29) is 11.6 Å². The Bertz CT molecular complexity index is 989. The Hall–Kier alpha value is -2.89.